The molecule has 4 rings (SSSR count). The number of hydrogen-bond acceptors (Lipinski definition) is 3. The standard InChI is InChI=1S/C20H19F4N3O3/c21-16-7-14(20(22,23)24)3-1-13(16)11-30-15-8-27(9-15)19(29)26-6-5-12-2-4-18(28)25-17(12)10-26/h1-4,7,15H,5-6,8-11H2,(H,25,28). The largest absolute Gasteiger partial charge is 0.416 e. The van der Waals surface area contributed by atoms with E-state index in [9.17, 15) is 27.2 Å². The van der Waals surface area contributed by atoms with Gasteiger partial charge in [0, 0.05) is 23.9 Å². The number of pyridine rings is 1. The van der Waals surface area contributed by atoms with Gasteiger partial charge in [0.2, 0.25) is 5.56 Å². The second kappa shape index (κ2) is 7.75. The fraction of sp³-hybridized carbons (Fsp3) is 0.400. The number of urea groups is 1. The van der Waals surface area contributed by atoms with Crippen LogP contribution in [0.1, 0.15) is 22.4 Å². The van der Waals surface area contributed by atoms with Gasteiger partial charge in [-0.3, -0.25) is 4.79 Å². The summed E-state index contributed by atoms with van der Waals surface area (Å²) in [5, 5.41) is 0. The van der Waals surface area contributed by atoms with E-state index in [0.717, 1.165) is 23.4 Å². The quantitative estimate of drug-likeness (QED) is 0.770. The number of carbonyl (C=O) groups is 1. The van der Waals surface area contributed by atoms with Crippen LogP contribution in [0.3, 0.4) is 0 Å². The van der Waals surface area contributed by atoms with Gasteiger partial charge in [-0.1, -0.05) is 12.1 Å². The van der Waals surface area contributed by atoms with E-state index >= 15 is 0 Å². The predicted octanol–water partition coefficient (Wildman–Crippen LogP) is 2.91. The van der Waals surface area contributed by atoms with Crippen LogP contribution in [0.2, 0.25) is 0 Å². The maximum Gasteiger partial charge on any atom is 0.416 e. The van der Waals surface area contributed by atoms with Crippen LogP contribution in [0.25, 0.3) is 0 Å². The van der Waals surface area contributed by atoms with E-state index in [1.807, 2.05) is 0 Å². The molecule has 0 radical (unpaired) electrons. The molecule has 1 fully saturated rings. The molecule has 1 aromatic heterocycles. The van der Waals surface area contributed by atoms with Crippen LogP contribution in [0.4, 0.5) is 22.4 Å². The van der Waals surface area contributed by atoms with Gasteiger partial charge >= 0.3 is 12.2 Å². The molecule has 0 atom stereocenters. The number of carbonyl (C=O) groups excluding carboxylic acids is 1. The number of amides is 2. The first kappa shape index (κ1) is 20.4. The van der Waals surface area contributed by atoms with Crippen molar-refractivity contribution >= 4 is 6.03 Å². The summed E-state index contributed by atoms with van der Waals surface area (Å²) in [7, 11) is 0. The smallest absolute Gasteiger partial charge is 0.370 e. The Hall–Kier alpha value is -2.88. The van der Waals surface area contributed by atoms with Crippen molar-refractivity contribution in [1.29, 1.82) is 0 Å². The molecule has 2 aliphatic rings. The Balaban J connectivity index is 1.27. The SMILES string of the molecule is O=C(N1CCc2ccc(=O)[nH]c2C1)N1CC(OCc2ccc(C(F)(F)F)cc2F)C1. The van der Waals surface area contributed by atoms with Crippen molar-refractivity contribution in [2.75, 3.05) is 19.6 Å². The van der Waals surface area contributed by atoms with Gasteiger partial charge in [-0.2, -0.15) is 13.2 Å². The maximum atomic E-state index is 13.9. The number of benzene rings is 1. The van der Waals surface area contributed by atoms with Crippen molar-refractivity contribution in [3.05, 3.63) is 68.9 Å². The number of aromatic nitrogens is 1. The van der Waals surface area contributed by atoms with Crippen molar-refractivity contribution in [1.82, 2.24) is 14.8 Å². The molecule has 1 saturated heterocycles. The lowest BCUT2D eigenvalue weighted by Gasteiger charge is -2.42. The number of alkyl halides is 3. The monoisotopic (exact) mass is 425 g/mol. The number of H-pyrrole nitrogens is 1. The third-order valence-corrected chi connectivity index (χ3v) is 5.34. The molecule has 2 aliphatic heterocycles. The molecular formula is C20H19F4N3O3. The van der Waals surface area contributed by atoms with Crippen LogP contribution in [-0.2, 0) is 30.5 Å². The van der Waals surface area contributed by atoms with Gasteiger partial charge in [0.15, 0.2) is 0 Å². The molecule has 1 aromatic carbocycles. The van der Waals surface area contributed by atoms with Crippen molar-refractivity contribution in [3.8, 4) is 0 Å². The fourth-order valence-electron chi connectivity index (χ4n) is 3.56. The summed E-state index contributed by atoms with van der Waals surface area (Å²) in [5.41, 5.74) is 0.518. The van der Waals surface area contributed by atoms with E-state index in [-0.39, 0.29) is 29.9 Å². The van der Waals surface area contributed by atoms with E-state index in [2.05, 4.69) is 4.98 Å². The Morgan fingerprint density at radius 3 is 2.63 bits per heavy atom. The predicted molar refractivity (Wildman–Crippen MR) is 98.1 cm³/mol. The Morgan fingerprint density at radius 2 is 1.93 bits per heavy atom. The zero-order valence-corrected chi connectivity index (χ0v) is 15.8. The molecule has 2 aromatic rings. The number of aromatic amines is 1. The van der Waals surface area contributed by atoms with E-state index in [4.69, 9.17) is 4.74 Å². The molecule has 0 unspecified atom stereocenters. The Kier molecular flexibility index (Phi) is 5.27. The van der Waals surface area contributed by atoms with E-state index in [0.29, 0.717) is 38.7 Å². The molecule has 6 nitrogen and oxygen atoms in total. The van der Waals surface area contributed by atoms with Gasteiger partial charge < -0.3 is 19.5 Å². The summed E-state index contributed by atoms with van der Waals surface area (Å²) < 4.78 is 57.2. The highest BCUT2D eigenvalue weighted by Crippen LogP contribution is 2.30. The second-order valence-corrected chi connectivity index (χ2v) is 7.42. The molecule has 10 heteroatoms. The highest BCUT2D eigenvalue weighted by Gasteiger charge is 2.35. The summed E-state index contributed by atoms with van der Waals surface area (Å²) in [6.07, 6.45) is -4.26. The number of halogens is 4. The zero-order chi connectivity index (χ0) is 21.5. The molecule has 0 bridgehead atoms. The average Bonchev–Trinajstić information content (AvgIpc) is 2.66. The number of nitrogens with zero attached hydrogens (tertiary/aromatic N) is 2. The molecule has 3 heterocycles. The minimum atomic E-state index is -4.60. The fourth-order valence-corrected chi connectivity index (χ4v) is 3.56. The first-order valence-electron chi connectivity index (χ1n) is 9.43. The van der Waals surface area contributed by atoms with Gasteiger partial charge in [0.05, 0.1) is 37.9 Å². The van der Waals surface area contributed by atoms with E-state index < -0.39 is 17.6 Å². The van der Waals surface area contributed by atoms with Crippen LogP contribution in [0.5, 0.6) is 0 Å². The highest BCUT2D eigenvalue weighted by molar-refractivity contribution is 5.75. The lowest BCUT2D eigenvalue weighted by molar-refractivity contribution is -0.137. The average molecular weight is 425 g/mol. The number of ether oxygens (including phenoxy) is 1. The first-order chi connectivity index (χ1) is 14.2. The Labute approximate surface area is 169 Å². The first-order valence-corrected chi connectivity index (χ1v) is 9.43. The zero-order valence-electron chi connectivity index (χ0n) is 15.8. The van der Waals surface area contributed by atoms with Crippen molar-refractivity contribution in [2.45, 2.75) is 31.9 Å². The lowest BCUT2D eigenvalue weighted by atomic mass is 10.1. The minimum absolute atomic E-state index is 0.0318. The summed E-state index contributed by atoms with van der Waals surface area (Å²) in [5.74, 6) is -0.974. The number of likely N-dealkylation sites (tertiary alicyclic amines) is 1. The third kappa shape index (κ3) is 4.18. The summed E-state index contributed by atoms with van der Waals surface area (Å²) in [4.78, 5) is 30.1. The van der Waals surface area contributed by atoms with Crippen LogP contribution in [0, 0.1) is 5.82 Å². The van der Waals surface area contributed by atoms with Gasteiger partial charge in [-0.05, 0) is 24.1 Å². The molecule has 0 spiro atoms. The second-order valence-electron chi connectivity index (χ2n) is 7.42. The normalized spacial score (nSPS) is 16.9. The number of hydrogen-bond donors (Lipinski definition) is 1. The molecule has 30 heavy (non-hydrogen) atoms. The number of fused-ring (bicyclic) bond motifs is 1. The lowest BCUT2D eigenvalue weighted by Crippen LogP contribution is -2.59. The molecule has 1 N–H and O–H groups in total. The maximum absolute atomic E-state index is 13.9. The van der Waals surface area contributed by atoms with Crippen LogP contribution in [-0.4, -0.2) is 46.6 Å². The molecule has 0 aliphatic carbocycles. The van der Waals surface area contributed by atoms with Crippen molar-refractivity contribution < 1.29 is 27.1 Å². The van der Waals surface area contributed by atoms with Gasteiger partial charge in [0.1, 0.15) is 5.82 Å². The summed E-state index contributed by atoms with van der Waals surface area (Å²) >= 11 is 0. The number of nitrogens with one attached hydrogen (secondary N) is 1. The Bertz CT molecular complexity index is 1020. The van der Waals surface area contributed by atoms with Crippen molar-refractivity contribution in [3.63, 3.8) is 0 Å². The van der Waals surface area contributed by atoms with Gasteiger partial charge in [-0.25, -0.2) is 9.18 Å². The summed E-state index contributed by atoms with van der Waals surface area (Å²) in [6, 6.07) is 5.39. The van der Waals surface area contributed by atoms with Crippen LogP contribution < -0.4 is 5.56 Å². The topological polar surface area (TPSA) is 65.6 Å². The van der Waals surface area contributed by atoms with Gasteiger partial charge in [0.25, 0.3) is 0 Å². The molecule has 160 valence electrons. The van der Waals surface area contributed by atoms with Crippen LogP contribution in [0.15, 0.2) is 35.1 Å². The summed E-state index contributed by atoms with van der Waals surface area (Å²) in [6.45, 7) is 1.32. The van der Waals surface area contributed by atoms with E-state index in [1.54, 1.807) is 15.9 Å². The third-order valence-electron chi connectivity index (χ3n) is 5.34. The molecular weight excluding hydrogens is 406 g/mol. The molecule has 0 saturated carbocycles. The van der Waals surface area contributed by atoms with Crippen molar-refractivity contribution in [2.24, 2.45) is 0 Å². The molecule has 2 amide bonds. The Morgan fingerprint density at radius 1 is 1.17 bits per heavy atom. The number of rotatable bonds is 3. The highest BCUT2D eigenvalue weighted by atomic mass is 19.4. The minimum Gasteiger partial charge on any atom is -0.370 e. The van der Waals surface area contributed by atoms with Crippen LogP contribution >= 0.6 is 0 Å². The van der Waals surface area contributed by atoms with Gasteiger partial charge in [-0.15, -0.1) is 0 Å². The van der Waals surface area contributed by atoms with E-state index in [1.165, 1.54) is 6.07 Å².